The average molecular weight is 346 g/mol. The third-order valence-corrected chi connectivity index (χ3v) is 3.84. The molecule has 0 saturated heterocycles. The van der Waals surface area contributed by atoms with Gasteiger partial charge in [-0.2, -0.15) is 0 Å². The van der Waals surface area contributed by atoms with E-state index in [2.05, 4.69) is 20.7 Å². The summed E-state index contributed by atoms with van der Waals surface area (Å²) < 4.78 is 4.97. The number of carboxylic acids is 1. The maximum atomic E-state index is 11.8. The Hall–Kier alpha value is -1.60. The predicted octanol–water partition coefficient (Wildman–Crippen LogP) is 2.05. The predicted molar refractivity (Wildman–Crippen MR) is 75.5 cm³/mol. The Balaban J connectivity index is 3.49. The molecule has 0 bridgehead atoms. The third kappa shape index (κ3) is 2.78. The second-order valence-corrected chi connectivity index (χ2v) is 5.71. The number of aromatic hydroxyl groups is 1. The van der Waals surface area contributed by atoms with Crippen molar-refractivity contribution in [1.82, 2.24) is 0 Å². The number of carboxylic acid groups (broad SMARTS) is 1. The molecule has 0 fully saturated rings. The van der Waals surface area contributed by atoms with Crippen LogP contribution in [0.1, 0.15) is 35.8 Å². The van der Waals surface area contributed by atoms with Gasteiger partial charge in [-0.3, -0.25) is 4.79 Å². The normalized spacial score (nSPS) is 12.8. The molecule has 0 saturated carbocycles. The number of methoxy groups -OCH3 is 1. The highest BCUT2D eigenvalue weighted by Gasteiger charge is 2.40. The largest absolute Gasteiger partial charge is 0.506 e. The van der Waals surface area contributed by atoms with Crippen molar-refractivity contribution in [1.29, 1.82) is 0 Å². The number of nitrogens with two attached hydrogens (primary N) is 1. The number of phenolic OH excluding ortho intramolecular Hbond substituents is 1. The van der Waals surface area contributed by atoms with E-state index in [0.29, 0.717) is 4.47 Å². The summed E-state index contributed by atoms with van der Waals surface area (Å²) in [6.45, 7) is 3.05. The smallest absolute Gasteiger partial charge is 0.336 e. The highest BCUT2D eigenvalue weighted by atomic mass is 79.9. The van der Waals surface area contributed by atoms with Gasteiger partial charge in [0.05, 0.1) is 22.6 Å². The van der Waals surface area contributed by atoms with Crippen LogP contribution in [0.25, 0.3) is 0 Å². The monoisotopic (exact) mass is 345 g/mol. The quantitative estimate of drug-likeness (QED) is 0.720. The molecule has 1 aromatic rings. The van der Waals surface area contributed by atoms with Crippen LogP contribution in [-0.2, 0) is 9.53 Å². The topological polar surface area (TPSA) is 110 Å². The van der Waals surface area contributed by atoms with Crippen molar-refractivity contribution in [2.45, 2.75) is 19.9 Å². The summed E-state index contributed by atoms with van der Waals surface area (Å²) in [5.41, 5.74) is 4.65. The Bertz CT molecular complexity index is 556. The van der Waals surface area contributed by atoms with Crippen molar-refractivity contribution in [2.24, 2.45) is 11.1 Å². The van der Waals surface area contributed by atoms with Crippen LogP contribution in [0.15, 0.2) is 16.6 Å². The van der Waals surface area contributed by atoms with Crippen molar-refractivity contribution in [3.63, 3.8) is 0 Å². The van der Waals surface area contributed by atoms with E-state index < -0.39 is 23.4 Å². The zero-order chi connectivity index (χ0) is 15.7. The van der Waals surface area contributed by atoms with Gasteiger partial charge in [-0.25, -0.2) is 4.79 Å². The molecular formula is C13H16BrNO5. The minimum atomic E-state index is -1.24. The zero-order valence-electron chi connectivity index (χ0n) is 11.3. The van der Waals surface area contributed by atoms with Crippen LogP contribution in [0.5, 0.6) is 5.75 Å². The lowest BCUT2D eigenvalue weighted by Gasteiger charge is -2.30. The molecule has 4 N–H and O–H groups in total. The number of esters is 1. The van der Waals surface area contributed by atoms with Gasteiger partial charge in [0, 0.05) is 11.6 Å². The Kier molecular flexibility index (Phi) is 4.77. The minimum Gasteiger partial charge on any atom is -0.506 e. The summed E-state index contributed by atoms with van der Waals surface area (Å²) in [6.07, 6.45) is 0. The summed E-state index contributed by atoms with van der Waals surface area (Å²) in [6, 6.07) is 1.67. The van der Waals surface area contributed by atoms with Crippen molar-refractivity contribution in [2.75, 3.05) is 7.11 Å². The molecule has 1 rings (SSSR count). The van der Waals surface area contributed by atoms with Gasteiger partial charge in [-0.05, 0) is 41.9 Å². The highest BCUT2D eigenvalue weighted by molar-refractivity contribution is 9.10. The van der Waals surface area contributed by atoms with Gasteiger partial charge < -0.3 is 20.7 Å². The van der Waals surface area contributed by atoms with Crippen LogP contribution in [0.4, 0.5) is 0 Å². The molecule has 0 unspecified atom stereocenters. The van der Waals surface area contributed by atoms with Gasteiger partial charge in [0.2, 0.25) is 0 Å². The number of phenols is 1. The summed E-state index contributed by atoms with van der Waals surface area (Å²) in [5, 5.41) is 19.3. The third-order valence-electron chi connectivity index (χ3n) is 3.20. The molecule has 0 amide bonds. The Morgan fingerprint density at radius 1 is 1.40 bits per heavy atom. The number of hydrogen-bond donors (Lipinski definition) is 3. The Labute approximate surface area is 124 Å². The molecule has 6 nitrogen and oxygen atoms in total. The highest BCUT2D eigenvalue weighted by Crippen LogP contribution is 2.41. The van der Waals surface area contributed by atoms with Crippen LogP contribution in [-0.4, -0.2) is 29.3 Å². The zero-order valence-corrected chi connectivity index (χ0v) is 12.9. The van der Waals surface area contributed by atoms with E-state index in [1.807, 2.05) is 0 Å². The van der Waals surface area contributed by atoms with E-state index >= 15 is 0 Å². The summed E-state index contributed by atoms with van der Waals surface area (Å²) >= 11 is 3.10. The SMILES string of the molecule is COC(=O)C(C)(C)[C@H](N)c1c(C(=O)O)ccc(Br)c1O. The molecule has 20 heavy (non-hydrogen) atoms. The number of aromatic carboxylic acids is 1. The number of ether oxygens (including phenoxy) is 1. The summed E-state index contributed by atoms with van der Waals surface area (Å²) in [5.74, 6) is -2.13. The maximum Gasteiger partial charge on any atom is 0.336 e. The van der Waals surface area contributed by atoms with Crippen molar-refractivity contribution < 1.29 is 24.5 Å². The average Bonchev–Trinajstić information content (AvgIpc) is 2.39. The van der Waals surface area contributed by atoms with Crippen LogP contribution >= 0.6 is 15.9 Å². The number of hydrogen-bond acceptors (Lipinski definition) is 5. The van der Waals surface area contributed by atoms with Gasteiger partial charge >= 0.3 is 11.9 Å². The molecule has 0 aliphatic rings. The number of halogens is 1. The first kappa shape index (κ1) is 16.5. The molecule has 0 heterocycles. The lowest BCUT2D eigenvalue weighted by atomic mass is 9.79. The molecule has 1 aromatic carbocycles. The Morgan fingerprint density at radius 3 is 2.40 bits per heavy atom. The van der Waals surface area contributed by atoms with E-state index in [4.69, 9.17) is 5.73 Å². The molecule has 0 aliphatic carbocycles. The van der Waals surface area contributed by atoms with Crippen LogP contribution in [0.3, 0.4) is 0 Å². The first-order chi connectivity index (χ1) is 9.14. The number of benzene rings is 1. The standard InChI is InChI=1S/C13H16BrNO5/c1-13(2,12(19)20-3)10(15)8-6(11(17)18)4-5-7(14)9(8)16/h4-5,10,16H,15H2,1-3H3,(H,17,18)/t10-/m1/s1. The number of carbonyl (C=O) groups excluding carboxylic acids is 1. The molecule has 0 aromatic heterocycles. The fourth-order valence-electron chi connectivity index (χ4n) is 1.83. The first-order valence-electron chi connectivity index (χ1n) is 5.73. The first-order valence-corrected chi connectivity index (χ1v) is 6.52. The lowest BCUT2D eigenvalue weighted by Crippen LogP contribution is -2.38. The molecular weight excluding hydrogens is 330 g/mol. The maximum absolute atomic E-state index is 11.8. The molecule has 110 valence electrons. The van der Waals surface area contributed by atoms with E-state index in [1.54, 1.807) is 0 Å². The second-order valence-electron chi connectivity index (χ2n) is 4.85. The van der Waals surface area contributed by atoms with E-state index in [1.165, 1.54) is 33.1 Å². The van der Waals surface area contributed by atoms with Gasteiger partial charge in [0.25, 0.3) is 0 Å². The Morgan fingerprint density at radius 2 is 1.95 bits per heavy atom. The van der Waals surface area contributed by atoms with E-state index in [9.17, 15) is 19.8 Å². The fraction of sp³-hybridized carbons (Fsp3) is 0.385. The molecule has 1 atom stereocenters. The molecule has 0 spiro atoms. The van der Waals surface area contributed by atoms with Crippen molar-refractivity contribution >= 4 is 27.9 Å². The molecule has 7 heteroatoms. The van der Waals surface area contributed by atoms with E-state index in [0.717, 1.165) is 0 Å². The molecule has 0 radical (unpaired) electrons. The van der Waals surface area contributed by atoms with Crippen LogP contribution in [0, 0.1) is 5.41 Å². The van der Waals surface area contributed by atoms with Crippen molar-refractivity contribution in [3.05, 3.63) is 27.7 Å². The van der Waals surface area contributed by atoms with Gasteiger partial charge in [0.15, 0.2) is 0 Å². The van der Waals surface area contributed by atoms with Gasteiger partial charge in [0.1, 0.15) is 5.75 Å². The lowest BCUT2D eigenvalue weighted by molar-refractivity contribution is -0.152. The van der Waals surface area contributed by atoms with Crippen LogP contribution < -0.4 is 5.73 Å². The summed E-state index contributed by atoms with van der Waals surface area (Å²) in [4.78, 5) is 23.0. The summed E-state index contributed by atoms with van der Waals surface area (Å²) in [7, 11) is 1.22. The molecule has 0 aliphatic heterocycles. The van der Waals surface area contributed by atoms with Crippen LogP contribution in [0.2, 0.25) is 0 Å². The van der Waals surface area contributed by atoms with Gasteiger partial charge in [-0.1, -0.05) is 0 Å². The van der Waals surface area contributed by atoms with Crippen molar-refractivity contribution in [3.8, 4) is 5.75 Å². The van der Waals surface area contributed by atoms with Gasteiger partial charge in [-0.15, -0.1) is 0 Å². The number of rotatable bonds is 4. The minimum absolute atomic E-state index is 0.0118. The fourth-order valence-corrected chi connectivity index (χ4v) is 2.18. The second kappa shape index (κ2) is 5.80. The van der Waals surface area contributed by atoms with E-state index in [-0.39, 0.29) is 16.9 Å². The number of carbonyl (C=O) groups is 2.